The van der Waals surface area contributed by atoms with Gasteiger partial charge in [0.1, 0.15) is 0 Å². The third-order valence-corrected chi connectivity index (χ3v) is 1.99. The zero-order valence-electron chi connectivity index (χ0n) is 9.03. The molecule has 0 heterocycles. The fourth-order valence-electron chi connectivity index (χ4n) is 1.21. The van der Waals surface area contributed by atoms with Crippen LogP contribution in [0.4, 0.5) is 4.39 Å². The molecule has 0 saturated heterocycles. The first kappa shape index (κ1) is 12.2. The van der Waals surface area contributed by atoms with Gasteiger partial charge in [-0.2, -0.15) is 0 Å². The fraction of sp³-hybridized carbons (Fsp3) is 0.250. The van der Waals surface area contributed by atoms with Crippen molar-refractivity contribution in [3.05, 3.63) is 35.7 Å². The van der Waals surface area contributed by atoms with Gasteiger partial charge in [0.05, 0.1) is 0 Å². The number of amides is 1. The Morgan fingerprint density at radius 2 is 2.31 bits per heavy atom. The summed E-state index contributed by atoms with van der Waals surface area (Å²) in [5, 5.41) is 11.7. The predicted molar refractivity (Wildman–Crippen MR) is 60.4 cm³/mol. The van der Waals surface area contributed by atoms with Gasteiger partial charge < -0.3 is 10.4 Å². The molecule has 0 spiro atoms. The van der Waals surface area contributed by atoms with Crippen LogP contribution in [0, 0.1) is 5.82 Å². The maximum absolute atomic E-state index is 13.3. The fourth-order valence-corrected chi connectivity index (χ4v) is 1.21. The lowest BCUT2D eigenvalue weighted by Gasteiger charge is -1.99. The molecule has 0 saturated carbocycles. The second kappa shape index (κ2) is 5.90. The second-order valence-corrected chi connectivity index (χ2v) is 3.35. The summed E-state index contributed by atoms with van der Waals surface area (Å²) < 4.78 is 13.3. The maximum atomic E-state index is 13.3. The monoisotopic (exact) mass is 223 g/mol. The normalized spacial score (nSPS) is 10.6. The van der Waals surface area contributed by atoms with Crippen LogP contribution in [-0.2, 0) is 4.79 Å². The summed E-state index contributed by atoms with van der Waals surface area (Å²) in [6, 6.07) is 4.44. The third-order valence-electron chi connectivity index (χ3n) is 1.99. The van der Waals surface area contributed by atoms with Crippen LogP contribution in [0.3, 0.4) is 0 Å². The van der Waals surface area contributed by atoms with E-state index in [1.54, 1.807) is 24.3 Å². The van der Waals surface area contributed by atoms with E-state index < -0.39 is 5.82 Å². The van der Waals surface area contributed by atoms with Crippen LogP contribution in [-0.4, -0.2) is 17.6 Å². The van der Waals surface area contributed by atoms with Crippen molar-refractivity contribution in [1.82, 2.24) is 5.32 Å². The van der Waals surface area contributed by atoms with Gasteiger partial charge in [-0.15, -0.1) is 0 Å². The molecule has 0 fully saturated rings. The van der Waals surface area contributed by atoms with Gasteiger partial charge in [0.25, 0.3) is 0 Å². The molecule has 1 aromatic carbocycles. The first-order chi connectivity index (χ1) is 7.61. The first-order valence-corrected chi connectivity index (χ1v) is 4.99. The van der Waals surface area contributed by atoms with Gasteiger partial charge in [0.15, 0.2) is 11.6 Å². The Morgan fingerprint density at radius 1 is 1.56 bits per heavy atom. The van der Waals surface area contributed by atoms with Gasteiger partial charge in [-0.25, -0.2) is 4.39 Å². The number of benzene rings is 1. The smallest absolute Gasteiger partial charge is 0.216 e. The highest BCUT2D eigenvalue weighted by Gasteiger charge is 2.02. The van der Waals surface area contributed by atoms with Crippen LogP contribution in [0.15, 0.2) is 24.3 Å². The maximum Gasteiger partial charge on any atom is 0.216 e. The molecule has 0 radical (unpaired) electrons. The molecule has 1 amide bonds. The highest BCUT2D eigenvalue weighted by molar-refractivity contribution is 5.72. The quantitative estimate of drug-likeness (QED) is 0.768. The zero-order valence-corrected chi connectivity index (χ0v) is 9.03. The van der Waals surface area contributed by atoms with Gasteiger partial charge in [-0.3, -0.25) is 4.79 Å². The van der Waals surface area contributed by atoms with Crippen LogP contribution in [0.25, 0.3) is 6.08 Å². The number of carbonyl (C=O) groups is 1. The Hall–Kier alpha value is -1.84. The SMILES string of the molecule is CC(=O)NCCC=Cc1cccc(O)c1F. The Labute approximate surface area is 93.6 Å². The van der Waals surface area contributed by atoms with Crippen molar-refractivity contribution in [3.8, 4) is 5.75 Å². The molecule has 0 unspecified atom stereocenters. The lowest BCUT2D eigenvalue weighted by molar-refractivity contribution is -0.118. The van der Waals surface area contributed by atoms with Crippen molar-refractivity contribution in [2.24, 2.45) is 0 Å². The van der Waals surface area contributed by atoms with Crippen molar-refractivity contribution in [1.29, 1.82) is 0 Å². The molecule has 1 aromatic rings. The molecular weight excluding hydrogens is 209 g/mol. The Kier molecular flexibility index (Phi) is 4.51. The van der Waals surface area contributed by atoms with E-state index in [0.717, 1.165) is 0 Å². The van der Waals surface area contributed by atoms with Crippen LogP contribution < -0.4 is 5.32 Å². The third kappa shape index (κ3) is 3.73. The summed E-state index contributed by atoms with van der Waals surface area (Å²) in [6.45, 7) is 1.96. The van der Waals surface area contributed by atoms with E-state index in [2.05, 4.69) is 5.32 Å². The number of carbonyl (C=O) groups excluding carboxylic acids is 1. The number of halogens is 1. The highest BCUT2D eigenvalue weighted by Crippen LogP contribution is 2.19. The molecule has 16 heavy (non-hydrogen) atoms. The topological polar surface area (TPSA) is 49.3 Å². The van der Waals surface area contributed by atoms with E-state index in [4.69, 9.17) is 5.11 Å². The standard InChI is InChI=1S/C12H14FNO2/c1-9(15)14-8-3-2-5-10-6-4-7-11(16)12(10)13/h2,4-7,16H,3,8H2,1H3,(H,14,15). The minimum Gasteiger partial charge on any atom is -0.505 e. The number of hydrogen-bond acceptors (Lipinski definition) is 2. The van der Waals surface area contributed by atoms with E-state index in [1.807, 2.05) is 0 Å². The molecule has 4 heteroatoms. The Balaban J connectivity index is 2.50. The second-order valence-electron chi connectivity index (χ2n) is 3.35. The molecule has 0 aliphatic carbocycles. The predicted octanol–water partition coefficient (Wildman–Crippen LogP) is 2.07. The van der Waals surface area contributed by atoms with Gasteiger partial charge in [0.2, 0.25) is 5.91 Å². The summed E-state index contributed by atoms with van der Waals surface area (Å²) in [4.78, 5) is 10.5. The average molecular weight is 223 g/mol. The van der Waals surface area contributed by atoms with Crippen molar-refractivity contribution in [3.63, 3.8) is 0 Å². The molecule has 2 N–H and O–H groups in total. The summed E-state index contributed by atoms with van der Waals surface area (Å²) >= 11 is 0. The zero-order chi connectivity index (χ0) is 12.0. The van der Waals surface area contributed by atoms with Crippen LogP contribution in [0.1, 0.15) is 18.9 Å². The van der Waals surface area contributed by atoms with E-state index in [-0.39, 0.29) is 11.7 Å². The number of rotatable bonds is 4. The van der Waals surface area contributed by atoms with Gasteiger partial charge >= 0.3 is 0 Å². The number of phenols is 1. The number of phenolic OH excluding ortho intramolecular Hbond substituents is 1. The van der Waals surface area contributed by atoms with Crippen molar-refractivity contribution >= 4 is 12.0 Å². The Bertz CT molecular complexity index is 402. The van der Waals surface area contributed by atoms with Crippen LogP contribution >= 0.6 is 0 Å². The van der Waals surface area contributed by atoms with E-state index in [1.165, 1.54) is 13.0 Å². The van der Waals surface area contributed by atoms with Crippen LogP contribution in [0.2, 0.25) is 0 Å². The van der Waals surface area contributed by atoms with E-state index in [0.29, 0.717) is 18.5 Å². The van der Waals surface area contributed by atoms with E-state index in [9.17, 15) is 9.18 Å². The minimum atomic E-state index is -0.627. The van der Waals surface area contributed by atoms with E-state index >= 15 is 0 Å². The molecule has 0 aliphatic heterocycles. The number of aromatic hydroxyl groups is 1. The first-order valence-electron chi connectivity index (χ1n) is 4.99. The van der Waals surface area contributed by atoms with Crippen molar-refractivity contribution < 1.29 is 14.3 Å². The molecular formula is C12H14FNO2. The molecule has 0 aromatic heterocycles. The molecule has 1 rings (SSSR count). The van der Waals surface area contributed by atoms with Gasteiger partial charge in [0, 0.05) is 19.0 Å². The number of nitrogens with one attached hydrogen (secondary N) is 1. The van der Waals surface area contributed by atoms with Gasteiger partial charge in [-0.1, -0.05) is 24.3 Å². The molecule has 0 aliphatic rings. The molecule has 0 atom stereocenters. The summed E-state index contributed by atoms with van der Waals surface area (Å²) in [7, 11) is 0. The summed E-state index contributed by atoms with van der Waals surface area (Å²) in [6.07, 6.45) is 3.94. The lowest BCUT2D eigenvalue weighted by Crippen LogP contribution is -2.20. The highest BCUT2D eigenvalue weighted by atomic mass is 19.1. The van der Waals surface area contributed by atoms with Crippen molar-refractivity contribution in [2.75, 3.05) is 6.54 Å². The summed E-state index contributed by atoms with van der Waals surface area (Å²) in [5.41, 5.74) is 0.336. The summed E-state index contributed by atoms with van der Waals surface area (Å²) in [5.74, 6) is -1.07. The Morgan fingerprint density at radius 3 is 3.00 bits per heavy atom. The van der Waals surface area contributed by atoms with Gasteiger partial charge in [-0.05, 0) is 12.5 Å². The average Bonchev–Trinajstić information content (AvgIpc) is 2.23. The minimum absolute atomic E-state index is 0.0862. The lowest BCUT2D eigenvalue weighted by atomic mass is 10.1. The van der Waals surface area contributed by atoms with Crippen molar-refractivity contribution in [2.45, 2.75) is 13.3 Å². The largest absolute Gasteiger partial charge is 0.505 e. The molecule has 3 nitrogen and oxygen atoms in total. The molecule has 0 bridgehead atoms. The van der Waals surface area contributed by atoms with Crippen LogP contribution in [0.5, 0.6) is 5.75 Å². The molecule has 86 valence electrons. The number of hydrogen-bond donors (Lipinski definition) is 2.